The van der Waals surface area contributed by atoms with Gasteiger partial charge in [0.2, 0.25) is 0 Å². The maximum Gasteiger partial charge on any atom is 0.123 e. The van der Waals surface area contributed by atoms with Gasteiger partial charge in [-0.2, -0.15) is 10.5 Å². The molecule has 2 aromatic rings. The lowest BCUT2D eigenvalue weighted by atomic mass is 10.0. The predicted octanol–water partition coefficient (Wildman–Crippen LogP) is 3.76. The molecule has 0 amide bonds. The van der Waals surface area contributed by atoms with Crippen LogP contribution >= 0.6 is 0 Å². The normalized spacial score (nSPS) is 10.6. The van der Waals surface area contributed by atoms with Crippen molar-refractivity contribution in [2.75, 3.05) is 0 Å². The van der Waals surface area contributed by atoms with Crippen molar-refractivity contribution in [3.05, 3.63) is 71.0 Å². The monoisotopic (exact) mass is 248 g/mol. The quantitative estimate of drug-likeness (QED) is 0.600. The summed E-state index contributed by atoms with van der Waals surface area (Å²) in [5.41, 5.74) is 2.34. The SMILES string of the molecule is N#C/C(=C/c1ccc(F)cc1)c1cccc(C#N)c1. The molecule has 0 spiro atoms. The van der Waals surface area contributed by atoms with Gasteiger partial charge < -0.3 is 0 Å². The summed E-state index contributed by atoms with van der Waals surface area (Å²) in [5.74, 6) is -0.317. The lowest BCUT2D eigenvalue weighted by Gasteiger charge is -2.00. The third-order valence-corrected chi connectivity index (χ3v) is 2.60. The molecule has 0 unspecified atom stereocenters. The maximum absolute atomic E-state index is 12.8. The number of rotatable bonds is 2. The highest BCUT2D eigenvalue weighted by atomic mass is 19.1. The molecule has 2 aromatic carbocycles. The van der Waals surface area contributed by atoms with Gasteiger partial charge in [0.15, 0.2) is 0 Å². The van der Waals surface area contributed by atoms with Crippen LogP contribution in [-0.2, 0) is 0 Å². The van der Waals surface area contributed by atoms with E-state index in [1.165, 1.54) is 12.1 Å². The number of nitriles is 2. The number of hydrogen-bond acceptors (Lipinski definition) is 2. The molecule has 0 atom stereocenters. The minimum atomic E-state index is -0.317. The Hall–Kier alpha value is -2.91. The van der Waals surface area contributed by atoms with Gasteiger partial charge >= 0.3 is 0 Å². The fourth-order valence-electron chi connectivity index (χ4n) is 1.66. The zero-order chi connectivity index (χ0) is 13.7. The third-order valence-electron chi connectivity index (χ3n) is 2.60. The average Bonchev–Trinajstić information content (AvgIpc) is 2.46. The van der Waals surface area contributed by atoms with E-state index in [9.17, 15) is 9.65 Å². The van der Waals surface area contributed by atoms with Crippen molar-refractivity contribution < 1.29 is 4.39 Å². The van der Waals surface area contributed by atoms with Crippen molar-refractivity contribution >= 4 is 11.6 Å². The second-order valence-electron chi connectivity index (χ2n) is 3.91. The Balaban J connectivity index is 2.42. The van der Waals surface area contributed by atoms with Gasteiger partial charge in [0.1, 0.15) is 5.82 Å². The molecular formula is C16H9FN2. The van der Waals surface area contributed by atoms with Crippen LogP contribution in [0.4, 0.5) is 4.39 Å². The Bertz CT molecular complexity index is 701. The number of benzene rings is 2. The van der Waals surface area contributed by atoms with Crippen LogP contribution in [0.15, 0.2) is 48.5 Å². The van der Waals surface area contributed by atoms with Crippen LogP contribution in [0.25, 0.3) is 11.6 Å². The summed E-state index contributed by atoms with van der Waals surface area (Å²) < 4.78 is 12.8. The van der Waals surface area contributed by atoms with Crippen molar-refractivity contribution in [2.24, 2.45) is 0 Å². The second kappa shape index (κ2) is 5.62. The minimum Gasteiger partial charge on any atom is -0.207 e. The molecule has 0 saturated carbocycles. The van der Waals surface area contributed by atoms with Gasteiger partial charge in [-0.05, 0) is 41.5 Å². The molecule has 3 heteroatoms. The van der Waals surface area contributed by atoms with Gasteiger partial charge in [0.25, 0.3) is 0 Å². The van der Waals surface area contributed by atoms with Crippen molar-refractivity contribution in [3.63, 3.8) is 0 Å². The van der Waals surface area contributed by atoms with Crippen LogP contribution in [0.3, 0.4) is 0 Å². The largest absolute Gasteiger partial charge is 0.207 e. The van der Waals surface area contributed by atoms with Crippen LogP contribution in [0.1, 0.15) is 16.7 Å². The maximum atomic E-state index is 12.8. The first-order valence-electron chi connectivity index (χ1n) is 5.61. The summed E-state index contributed by atoms with van der Waals surface area (Å²) in [6.07, 6.45) is 1.66. The van der Waals surface area contributed by atoms with Crippen LogP contribution in [0.2, 0.25) is 0 Å². The summed E-state index contributed by atoms with van der Waals surface area (Å²) in [4.78, 5) is 0. The predicted molar refractivity (Wildman–Crippen MR) is 71.0 cm³/mol. The molecule has 0 radical (unpaired) electrons. The fourth-order valence-corrected chi connectivity index (χ4v) is 1.66. The molecule has 0 fully saturated rings. The Morgan fingerprint density at radius 3 is 2.42 bits per heavy atom. The zero-order valence-corrected chi connectivity index (χ0v) is 9.97. The molecular weight excluding hydrogens is 239 g/mol. The molecule has 0 N–H and O–H groups in total. The van der Waals surface area contributed by atoms with Crippen molar-refractivity contribution in [2.45, 2.75) is 0 Å². The van der Waals surface area contributed by atoms with Crippen LogP contribution in [-0.4, -0.2) is 0 Å². The Kier molecular flexibility index (Phi) is 3.71. The van der Waals surface area contributed by atoms with E-state index in [1.54, 1.807) is 42.5 Å². The minimum absolute atomic E-state index is 0.317. The lowest BCUT2D eigenvalue weighted by molar-refractivity contribution is 0.628. The summed E-state index contributed by atoms with van der Waals surface area (Å²) in [5, 5.41) is 18.0. The summed E-state index contributed by atoms with van der Waals surface area (Å²) >= 11 is 0. The zero-order valence-electron chi connectivity index (χ0n) is 9.97. The van der Waals surface area contributed by atoms with Crippen molar-refractivity contribution in [1.29, 1.82) is 10.5 Å². The molecule has 0 aromatic heterocycles. The van der Waals surface area contributed by atoms with E-state index >= 15 is 0 Å². The number of hydrogen-bond donors (Lipinski definition) is 0. The van der Waals surface area contributed by atoms with Crippen LogP contribution < -0.4 is 0 Å². The summed E-state index contributed by atoms with van der Waals surface area (Å²) in [6.45, 7) is 0. The first-order chi connectivity index (χ1) is 9.22. The van der Waals surface area contributed by atoms with Gasteiger partial charge in [-0.15, -0.1) is 0 Å². The molecule has 19 heavy (non-hydrogen) atoms. The molecule has 2 rings (SSSR count). The number of halogens is 1. The van der Waals surface area contributed by atoms with Gasteiger partial charge in [-0.25, -0.2) is 4.39 Å². The molecule has 0 bridgehead atoms. The smallest absolute Gasteiger partial charge is 0.123 e. The van der Waals surface area contributed by atoms with Gasteiger partial charge in [0, 0.05) is 0 Å². The molecule has 2 nitrogen and oxygen atoms in total. The molecule has 0 heterocycles. The summed E-state index contributed by atoms with van der Waals surface area (Å²) in [6, 6.07) is 16.8. The number of nitrogens with zero attached hydrogens (tertiary/aromatic N) is 2. The average molecular weight is 248 g/mol. The standard InChI is InChI=1S/C16H9FN2/c17-16-6-4-12(5-7-16)8-15(11-19)14-3-1-2-13(9-14)10-18/h1-9H/b15-8-. The molecule has 90 valence electrons. The molecule has 0 saturated heterocycles. The van der Waals surface area contributed by atoms with E-state index < -0.39 is 0 Å². The van der Waals surface area contributed by atoms with E-state index in [0.717, 1.165) is 5.56 Å². The van der Waals surface area contributed by atoms with Gasteiger partial charge in [0.05, 0.1) is 23.3 Å². The molecule has 0 aliphatic rings. The van der Waals surface area contributed by atoms with Gasteiger partial charge in [-0.1, -0.05) is 24.3 Å². The van der Waals surface area contributed by atoms with Crippen LogP contribution in [0.5, 0.6) is 0 Å². The Morgan fingerprint density at radius 1 is 1.05 bits per heavy atom. The van der Waals surface area contributed by atoms with Crippen molar-refractivity contribution in [3.8, 4) is 12.1 Å². The Labute approximate surface area is 110 Å². The van der Waals surface area contributed by atoms with E-state index in [-0.39, 0.29) is 5.82 Å². The highest BCUT2D eigenvalue weighted by Crippen LogP contribution is 2.18. The first-order valence-corrected chi connectivity index (χ1v) is 5.61. The Morgan fingerprint density at radius 2 is 1.79 bits per heavy atom. The molecule has 0 aliphatic carbocycles. The third kappa shape index (κ3) is 3.06. The van der Waals surface area contributed by atoms with E-state index in [0.29, 0.717) is 16.7 Å². The van der Waals surface area contributed by atoms with E-state index in [1.807, 2.05) is 6.07 Å². The van der Waals surface area contributed by atoms with E-state index in [4.69, 9.17) is 5.26 Å². The highest BCUT2D eigenvalue weighted by molar-refractivity contribution is 5.89. The van der Waals surface area contributed by atoms with Crippen LogP contribution in [0, 0.1) is 28.5 Å². The first kappa shape index (κ1) is 12.5. The second-order valence-corrected chi connectivity index (χ2v) is 3.91. The van der Waals surface area contributed by atoms with Crippen molar-refractivity contribution in [1.82, 2.24) is 0 Å². The fraction of sp³-hybridized carbons (Fsp3) is 0. The summed E-state index contributed by atoms with van der Waals surface area (Å²) in [7, 11) is 0. The molecule has 0 aliphatic heterocycles. The topological polar surface area (TPSA) is 47.6 Å². The number of allylic oxidation sites excluding steroid dienone is 1. The highest BCUT2D eigenvalue weighted by Gasteiger charge is 2.02. The van der Waals surface area contributed by atoms with E-state index in [2.05, 4.69) is 6.07 Å². The lowest BCUT2D eigenvalue weighted by Crippen LogP contribution is -1.84. The van der Waals surface area contributed by atoms with Gasteiger partial charge in [-0.3, -0.25) is 0 Å².